The number of esters is 3. The molecule has 25 heavy (non-hydrogen) atoms. The average Bonchev–Trinajstić information content (AvgIpc) is 3.04. The summed E-state index contributed by atoms with van der Waals surface area (Å²) in [7, 11) is 1.32. The van der Waals surface area contributed by atoms with E-state index >= 15 is 0 Å². The molecular formula is C19H28O6. The first-order valence-corrected chi connectivity index (χ1v) is 8.93. The summed E-state index contributed by atoms with van der Waals surface area (Å²) in [5, 5.41) is 0. The van der Waals surface area contributed by atoms with Gasteiger partial charge in [-0.05, 0) is 25.2 Å². The van der Waals surface area contributed by atoms with Gasteiger partial charge in [0.05, 0.1) is 24.4 Å². The lowest BCUT2D eigenvalue weighted by molar-refractivity contribution is -0.178. The maximum absolute atomic E-state index is 12.9. The molecule has 1 saturated heterocycles. The van der Waals surface area contributed by atoms with Gasteiger partial charge < -0.3 is 14.2 Å². The number of hydrogen-bond acceptors (Lipinski definition) is 6. The molecule has 0 aromatic rings. The van der Waals surface area contributed by atoms with Gasteiger partial charge in [-0.25, -0.2) is 0 Å². The van der Waals surface area contributed by atoms with Crippen molar-refractivity contribution in [1.29, 1.82) is 0 Å². The third-order valence-corrected chi connectivity index (χ3v) is 7.14. The van der Waals surface area contributed by atoms with Crippen molar-refractivity contribution in [2.75, 3.05) is 7.11 Å². The van der Waals surface area contributed by atoms with Gasteiger partial charge in [0.25, 0.3) is 0 Å². The Balaban J connectivity index is 1.90. The highest BCUT2D eigenvalue weighted by atomic mass is 16.6. The first-order valence-electron chi connectivity index (χ1n) is 8.93. The molecule has 6 heteroatoms. The third kappa shape index (κ3) is 2.32. The van der Waals surface area contributed by atoms with Crippen LogP contribution in [0.1, 0.15) is 41.5 Å². The topological polar surface area (TPSA) is 78.9 Å². The smallest absolute Gasteiger partial charge is 0.312 e. The third-order valence-electron chi connectivity index (χ3n) is 7.14. The average molecular weight is 352 g/mol. The summed E-state index contributed by atoms with van der Waals surface area (Å²) in [5.41, 5.74) is -0.995. The number of fused-ring (bicyclic) bond motifs is 1. The Morgan fingerprint density at radius 1 is 1.08 bits per heavy atom. The van der Waals surface area contributed by atoms with Crippen LogP contribution >= 0.6 is 0 Å². The molecule has 0 aromatic carbocycles. The molecule has 140 valence electrons. The molecule has 7 atom stereocenters. The first kappa shape index (κ1) is 18.2. The first-order chi connectivity index (χ1) is 11.4. The summed E-state index contributed by atoms with van der Waals surface area (Å²) in [4.78, 5) is 37.5. The van der Waals surface area contributed by atoms with E-state index in [-0.39, 0.29) is 35.1 Å². The van der Waals surface area contributed by atoms with E-state index in [0.717, 1.165) is 0 Å². The predicted octanol–water partition coefficient (Wildman–Crippen LogP) is 2.20. The minimum Gasteiger partial charge on any atom is -0.469 e. The molecule has 2 saturated carbocycles. The predicted molar refractivity (Wildman–Crippen MR) is 88.1 cm³/mol. The fourth-order valence-electron chi connectivity index (χ4n) is 4.66. The molecule has 0 spiro atoms. The summed E-state index contributed by atoms with van der Waals surface area (Å²) in [5.74, 6) is -2.43. The van der Waals surface area contributed by atoms with Crippen molar-refractivity contribution >= 4 is 17.9 Å². The molecule has 0 amide bonds. The Bertz CT molecular complexity index is 616. The van der Waals surface area contributed by atoms with Crippen LogP contribution < -0.4 is 0 Å². The highest BCUT2D eigenvalue weighted by molar-refractivity contribution is 5.86. The maximum atomic E-state index is 12.9. The zero-order valence-electron chi connectivity index (χ0n) is 16.0. The van der Waals surface area contributed by atoms with E-state index in [4.69, 9.17) is 14.2 Å². The fourth-order valence-corrected chi connectivity index (χ4v) is 4.66. The highest BCUT2D eigenvalue weighted by Gasteiger charge is 2.73. The van der Waals surface area contributed by atoms with Crippen molar-refractivity contribution < 1.29 is 28.6 Å². The van der Waals surface area contributed by atoms with E-state index in [2.05, 4.69) is 0 Å². The van der Waals surface area contributed by atoms with Crippen molar-refractivity contribution in [2.45, 2.75) is 53.8 Å². The maximum Gasteiger partial charge on any atom is 0.312 e. The van der Waals surface area contributed by atoms with E-state index in [9.17, 15) is 14.4 Å². The lowest BCUT2D eigenvalue weighted by atomic mass is 9.69. The number of rotatable bonds is 3. The van der Waals surface area contributed by atoms with E-state index in [0.29, 0.717) is 0 Å². The molecule has 3 aliphatic rings. The summed E-state index contributed by atoms with van der Waals surface area (Å²) in [6, 6.07) is 0. The molecular weight excluding hydrogens is 324 g/mol. The van der Waals surface area contributed by atoms with Crippen molar-refractivity contribution in [3.05, 3.63) is 0 Å². The Morgan fingerprint density at radius 2 is 1.68 bits per heavy atom. The van der Waals surface area contributed by atoms with E-state index in [1.807, 2.05) is 41.5 Å². The quantitative estimate of drug-likeness (QED) is 0.572. The summed E-state index contributed by atoms with van der Waals surface area (Å²) in [6.45, 7) is 11.7. The molecule has 6 unspecified atom stereocenters. The van der Waals surface area contributed by atoms with Crippen LogP contribution in [0.3, 0.4) is 0 Å². The van der Waals surface area contributed by atoms with Gasteiger partial charge in [0.1, 0.15) is 12.2 Å². The van der Waals surface area contributed by atoms with Gasteiger partial charge in [-0.1, -0.05) is 27.7 Å². The van der Waals surface area contributed by atoms with Crippen LogP contribution in [0, 0.1) is 40.4 Å². The Morgan fingerprint density at radius 3 is 2.20 bits per heavy atom. The van der Waals surface area contributed by atoms with E-state index in [1.54, 1.807) is 0 Å². The van der Waals surface area contributed by atoms with Gasteiger partial charge in [0.2, 0.25) is 0 Å². The largest absolute Gasteiger partial charge is 0.469 e. The Labute approximate surface area is 148 Å². The molecule has 1 aliphatic heterocycles. The van der Waals surface area contributed by atoms with Crippen LogP contribution in [-0.4, -0.2) is 37.2 Å². The molecule has 0 aromatic heterocycles. The van der Waals surface area contributed by atoms with Crippen LogP contribution in [0.5, 0.6) is 0 Å². The SMILES string of the molecule is COC(=O)C1C2C(=O)OC3C(OC(=O)C(C)(C)C(C)(C)C)C1[C@H](C)C32. The number of carbonyl (C=O) groups is 3. The molecule has 6 nitrogen and oxygen atoms in total. The van der Waals surface area contributed by atoms with Gasteiger partial charge in [-0.3, -0.25) is 14.4 Å². The minimum atomic E-state index is -0.707. The van der Waals surface area contributed by atoms with Gasteiger partial charge in [0.15, 0.2) is 0 Å². The van der Waals surface area contributed by atoms with E-state index in [1.165, 1.54) is 7.11 Å². The molecule has 2 aliphatic carbocycles. The summed E-state index contributed by atoms with van der Waals surface area (Å²) >= 11 is 0. The zero-order chi connectivity index (χ0) is 18.9. The zero-order valence-corrected chi connectivity index (χ0v) is 16.0. The van der Waals surface area contributed by atoms with Crippen molar-refractivity contribution in [3.63, 3.8) is 0 Å². The van der Waals surface area contributed by atoms with Crippen molar-refractivity contribution in [3.8, 4) is 0 Å². The summed E-state index contributed by atoms with van der Waals surface area (Å²) in [6.07, 6.45) is -1.03. The Hall–Kier alpha value is -1.59. The van der Waals surface area contributed by atoms with Gasteiger partial charge in [-0.15, -0.1) is 0 Å². The molecule has 1 heterocycles. The number of carbonyl (C=O) groups excluding carboxylic acids is 3. The molecule has 2 bridgehead atoms. The summed E-state index contributed by atoms with van der Waals surface area (Å²) < 4.78 is 16.3. The molecule has 3 rings (SSSR count). The van der Waals surface area contributed by atoms with Crippen molar-refractivity contribution in [1.82, 2.24) is 0 Å². The van der Waals surface area contributed by atoms with Gasteiger partial charge in [0, 0.05) is 11.8 Å². The van der Waals surface area contributed by atoms with Gasteiger partial charge >= 0.3 is 17.9 Å². The minimum absolute atomic E-state index is 0.0705. The van der Waals surface area contributed by atoms with Crippen LogP contribution in [0.15, 0.2) is 0 Å². The van der Waals surface area contributed by atoms with Crippen molar-refractivity contribution in [2.24, 2.45) is 40.4 Å². The standard InChI is InChI=1S/C19H28O6/c1-8-9-11(15(20)23-7)12-10(8)13(24-16(12)21)14(9)25-17(22)19(5,6)18(2,3)4/h8-14H,1-7H3/t8-,9?,10?,11?,12?,13?,14?/m0/s1. The van der Waals surface area contributed by atoms with Crippen LogP contribution in [-0.2, 0) is 28.6 Å². The second kappa shape index (κ2) is 5.45. The second-order valence-electron chi connectivity index (χ2n) is 9.23. The highest BCUT2D eigenvalue weighted by Crippen LogP contribution is 2.62. The fraction of sp³-hybridized carbons (Fsp3) is 0.842. The molecule has 0 N–H and O–H groups in total. The molecule has 0 radical (unpaired) electrons. The number of ether oxygens (including phenoxy) is 3. The van der Waals surface area contributed by atoms with Crippen LogP contribution in [0.4, 0.5) is 0 Å². The second-order valence-corrected chi connectivity index (χ2v) is 9.23. The number of hydrogen-bond donors (Lipinski definition) is 0. The number of methoxy groups -OCH3 is 1. The molecule has 3 fully saturated rings. The Kier molecular flexibility index (Phi) is 3.97. The van der Waals surface area contributed by atoms with Crippen LogP contribution in [0.25, 0.3) is 0 Å². The van der Waals surface area contributed by atoms with Gasteiger partial charge in [-0.2, -0.15) is 0 Å². The van der Waals surface area contributed by atoms with E-state index < -0.39 is 35.4 Å². The monoisotopic (exact) mass is 352 g/mol. The van der Waals surface area contributed by atoms with Crippen LogP contribution in [0.2, 0.25) is 0 Å². The lowest BCUT2D eigenvalue weighted by Gasteiger charge is -2.39. The lowest BCUT2D eigenvalue weighted by Crippen LogP contribution is -2.47. The normalized spacial score (nSPS) is 39.3.